The molecule has 0 bridgehead atoms. The molecule has 0 aromatic carbocycles. The summed E-state index contributed by atoms with van der Waals surface area (Å²) >= 11 is 1.86. The molecule has 1 heterocycles. The molecule has 1 aliphatic rings. The number of rotatable bonds is 4. The second-order valence-corrected chi connectivity index (χ2v) is 4.94. The summed E-state index contributed by atoms with van der Waals surface area (Å²) in [5.74, 6) is 0.897. The van der Waals surface area contributed by atoms with Crippen molar-refractivity contribution in [2.75, 3.05) is 0 Å². The zero-order chi connectivity index (χ0) is 9.26. The van der Waals surface area contributed by atoms with Crippen molar-refractivity contribution in [1.29, 1.82) is 0 Å². The predicted octanol–water partition coefficient (Wildman–Crippen LogP) is 3.20. The molecule has 1 N–H and O–H groups in total. The Balaban J connectivity index is 1.94. The summed E-state index contributed by atoms with van der Waals surface area (Å²) in [6.07, 6.45) is 2.56. The van der Waals surface area contributed by atoms with Crippen molar-refractivity contribution in [3.63, 3.8) is 0 Å². The SMILES string of the molecule is CCC(NC1CC1C)c1cccs1. The minimum absolute atomic E-state index is 0.593. The standard InChI is InChI=1S/C11H17NS/c1-3-9(11-5-4-6-13-11)12-10-7-8(10)2/h4-6,8-10,12H,3,7H2,1-2H3. The zero-order valence-corrected chi connectivity index (χ0v) is 9.10. The Kier molecular flexibility index (Phi) is 2.70. The van der Waals surface area contributed by atoms with Gasteiger partial charge in [-0.2, -0.15) is 0 Å². The molecule has 72 valence electrons. The van der Waals surface area contributed by atoms with Crippen molar-refractivity contribution in [1.82, 2.24) is 5.32 Å². The molecular weight excluding hydrogens is 178 g/mol. The van der Waals surface area contributed by atoms with Crippen LogP contribution in [0.3, 0.4) is 0 Å². The first kappa shape index (κ1) is 9.22. The third kappa shape index (κ3) is 2.12. The van der Waals surface area contributed by atoms with Gasteiger partial charge in [0.15, 0.2) is 0 Å². The largest absolute Gasteiger partial charge is 0.306 e. The topological polar surface area (TPSA) is 12.0 Å². The Morgan fingerprint density at radius 3 is 2.92 bits per heavy atom. The molecule has 1 aromatic heterocycles. The van der Waals surface area contributed by atoms with Crippen LogP contribution < -0.4 is 5.32 Å². The Bertz CT molecular complexity index is 255. The van der Waals surface area contributed by atoms with Gasteiger partial charge in [0.1, 0.15) is 0 Å². The third-order valence-corrected chi connectivity index (χ3v) is 3.81. The fraction of sp³-hybridized carbons (Fsp3) is 0.636. The molecular formula is C11H17NS. The average molecular weight is 195 g/mol. The van der Waals surface area contributed by atoms with Crippen LogP contribution in [0.25, 0.3) is 0 Å². The summed E-state index contributed by atoms with van der Waals surface area (Å²) in [4.78, 5) is 1.49. The summed E-state index contributed by atoms with van der Waals surface area (Å²) in [6.45, 7) is 4.57. The summed E-state index contributed by atoms with van der Waals surface area (Å²) in [5, 5.41) is 5.87. The normalized spacial score (nSPS) is 28.8. The first-order chi connectivity index (χ1) is 6.31. The molecule has 13 heavy (non-hydrogen) atoms. The molecule has 0 aliphatic heterocycles. The van der Waals surface area contributed by atoms with Crippen LogP contribution in [-0.2, 0) is 0 Å². The van der Waals surface area contributed by atoms with Gasteiger partial charge in [-0.25, -0.2) is 0 Å². The maximum absolute atomic E-state index is 3.70. The van der Waals surface area contributed by atoms with E-state index in [1.165, 1.54) is 17.7 Å². The first-order valence-electron chi connectivity index (χ1n) is 5.10. The van der Waals surface area contributed by atoms with Crippen molar-refractivity contribution in [3.05, 3.63) is 22.4 Å². The highest BCUT2D eigenvalue weighted by atomic mass is 32.1. The van der Waals surface area contributed by atoms with E-state index in [1.54, 1.807) is 0 Å². The van der Waals surface area contributed by atoms with Crippen LogP contribution in [0.2, 0.25) is 0 Å². The molecule has 0 spiro atoms. The van der Waals surface area contributed by atoms with Gasteiger partial charge in [-0.1, -0.05) is 19.9 Å². The molecule has 0 amide bonds. The maximum Gasteiger partial charge on any atom is 0.0414 e. The van der Waals surface area contributed by atoms with Gasteiger partial charge < -0.3 is 5.32 Å². The summed E-state index contributed by atoms with van der Waals surface area (Å²) in [7, 11) is 0. The van der Waals surface area contributed by atoms with E-state index in [1.807, 2.05) is 11.3 Å². The van der Waals surface area contributed by atoms with Gasteiger partial charge in [-0.15, -0.1) is 11.3 Å². The van der Waals surface area contributed by atoms with E-state index in [4.69, 9.17) is 0 Å². The third-order valence-electron chi connectivity index (χ3n) is 2.82. The van der Waals surface area contributed by atoms with Gasteiger partial charge in [0.25, 0.3) is 0 Å². The minimum Gasteiger partial charge on any atom is -0.306 e. The molecule has 3 unspecified atom stereocenters. The van der Waals surface area contributed by atoms with E-state index < -0.39 is 0 Å². The van der Waals surface area contributed by atoms with Crippen LogP contribution in [0.4, 0.5) is 0 Å². The smallest absolute Gasteiger partial charge is 0.0414 e. The molecule has 1 nitrogen and oxygen atoms in total. The van der Waals surface area contributed by atoms with Crippen molar-refractivity contribution in [2.45, 2.75) is 38.8 Å². The van der Waals surface area contributed by atoms with Crippen molar-refractivity contribution >= 4 is 11.3 Å². The van der Waals surface area contributed by atoms with Gasteiger partial charge in [0.05, 0.1) is 0 Å². The van der Waals surface area contributed by atoms with Crippen LogP contribution in [0.1, 0.15) is 37.6 Å². The summed E-state index contributed by atoms with van der Waals surface area (Å²) < 4.78 is 0. The molecule has 1 saturated carbocycles. The second kappa shape index (κ2) is 3.81. The van der Waals surface area contributed by atoms with E-state index in [-0.39, 0.29) is 0 Å². The highest BCUT2D eigenvalue weighted by Gasteiger charge is 2.34. The molecule has 1 aliphatic carbocycles. The van der Waals surface area contributed by atoms with Crippen LogP contribution in [0.5, 0.6) is 0 Å². The van der Waals surface area contributed by atoms with Gasteiger partial charge in [-0.3, -0.25) is 0 Å². The quantitative estimate of drug-likeness (QED) is 0.778. The van der Waals surface area contributed by atoms with E-state index in [0.717, 1.165) is 12.0 Å². The van der Waals surface area contributed by atoms with Crippen LogP contribution in [-0.4, -0.2) is 6.04 Å². The highest BCUT2D eigenvalue weighted by molar-refractivity contribution is 7.10. The van der Waals surface area contributed by atoms with Crippen molar-refractivity contribution in [3.8, 4) is 0 Å². The molecule has 0 radical (unpaired) electrons. The van der Waals surface area contributed by atoms with Crippen LogP contribution >= 0.6 is 11.3 Å². The Morgan fingerprint density at radius 2 is 2.46 bits per heavy atom. The molecule has 3 atom stereocenters. The lowest BCUT2D eigenvalue weighted by molar-refractivity contribution is 0.509. The van der Waals surface area contributed by atoms with Gasteiger partial charge in [0.2, 0.25) is 0 Å². The first-order valence-corrected chi connectivity index (χ1v) is 5.98. The lowest BCUT2D eigenvalue weighted by Gasteiger charge is -2.14. The zero-order valence-electron chi connectivity index (χ0n) is 8.29. The lowest BCUT2D eigenvalue weighted by atomic mass is 10.2. The Morgan fingerprint density at radius 1 is 1.69 bits per heavy atom. The fourth-order valence-corrected chi connectivity index (χ4v) is 2.57. The van der Waals surface area contributed by atoms with Gasteiger partial charge in [0, 0.05) is 17.0 Å². The average Bonchev–Trinajstić information content (AvgIpc) is 2.68. The minimum atomic E-state index is 0.593. The van der Waals surface area contributed by atoms with Gasteiger partial charge >= 0.3 is 0 Å². The molecule has 2 heteroatoms. The van der Waals surface area contributed by atoms with Crippen molar-refractivity contribution in [2.24, 2.45) is 5.92 Å². The Labute approximate surface area is 84.2 Å². The van der Waals surface area contributed by atoms with Gasteiger partial charge in [-0.05, 0) is 30.2 Å². The Hall–Kier alpha value is -0.340. The monoisotopic (exact) mass is 195 g/mol. The summed E-state index contributed by atoms with van der Waals surface area (Å²) in [5.41, 5.74) is 0. The predicted molar refractivity (Wildman–Crippen MR) is 58.1 cm³/mol. The van der Waals surface area contributed by atoms with Crippen LogP contribution in [0.15, 0.2) is 17.5 Å². The molecule has 0 saturated heterocycles. The van der Waals surface area contributed by atoms with Crippen molar-refractivity contribution < 1.29 is 0 Å². The summed E-state index contributed by atoms with van der Waals surface area (Å²) in [6, 6.07) is 5.75. The molecule has 1 fully saturated rings. The fourth-order valence-electron chi connectivity index (χ4n) is 1.70. The number of hydrogen-bond donors (Lipinski definition) is 1. The number of thiophene rings is 1. The second-order valence-electron chi connectivity index (χ2n) is 3.96. The van der Waals surface area contributed by atoms with E-state index in [2.05, 4.69) is 36.7 Å². The molecule has 2 rings (SSSR count). The number of hydrogen-bond acceptors (Lipinski definition) is 2. The number of nitrogens with one attached hydrogen (secondary N) is 1. The lowest BCUT2D eigenvalue weighted by Crippen LogP contribution is -2.23. The highest BCUT2D eigenvalue weighted by Crippen LogP contribution is 2.33. The van der Waals surface area contributed by atoms with E-state index in [9.17, 15) is 0 Å². The maximum atomic E-state index is 3.70. The molecule has 1 aromatic rings. The van der Waals surface area contributed by atoms with E-state index in [0.29, 0.717) is 6.04 Å². The van der Waals surface area contributed by atoms with E-state index >= 15 is 0 Å². The van der Waals surface area contributed by atoms with Crippen LogP contribution in [0, 0.1) is 5.92 Å².